The van der Waals surface area contributed by atoms with E-state index in [1.807, 2.05) is 42.6 Å². The number of methoxy groups -OCH3 is 1. The van der Waals surface area contributed by atoms with Crippen LogP contribution in [0.15, 0.2) is 96.0 Å². The van der Waals surface area contributed by atoms with Crippen LogP contribution in [-0.2, 0) is 6.61 Å². The summed E-state index contributed by atoms with van der Waals surface area (Å²) in [6, 6.07) is 27.3. The molecule has 0 spiro atoms. The van der Waals surface area contributed by atoms with Gasteiger partial charge >= 0.3 is 0 Å². The highest BCUT2D eigenvalue weighted by Gasteiger charge is 2.37. The molecule has 0 unspecified atom stereocenters. The van der Waals surface area contributed by atoms with E-state index < -0.39 is 0 Å². The van der Waals surface area contributed by atoms with Crippen molar-refractivity contribution in [1.29, 1.82) is 0 Å². The third-order valence-corrected chi connectivity index (χ3v) is 8.88. The molecule has 2 aliphatic rings. The number of nitrogens with zero attached hydrogens (tertiary/aromatic N) is 1. The van der Waals surface area contributed by atoms with Crippen molar-refractivity contribution in [2.75, 3.05) is 12.4 Å². The zero-order valence-corrected chi connectivity index (χ0v) is 25.3. The summed E-state index contributed by atoms with van der Waals surface area (Å²) in [6.07, 6.45) is 7.68. The summed E-state index contributed by atoms with van der Waals surface area (Å²) in [5, 5.41) is 4.51. The Morgan fingerprint density at radius 1 is 1.05 bits per heavy atom. The standard InChI is InChI=1S/C34H30ClIN2O2/c1-21-10-15-31-28(16-21)26-7-5-8-27(26)33(38-31)23-11-13-25(14-12-23)37-19-22-17-30(36)34(32(18-22)39-2)40-20-24-6-3-4-9-29(24)35/h3-7,9-19,26-27,33,38H,8,20H2,1-2H3/t26-,27-,33-/m0/s1. The highest BCUT2D eigenvalue weighted by molar-refractivity contribution is 14.1. The maximum Gasteiger partial charge on any atom is 0.174 e. The largest absolute Gasteiger partial charge is 0.493 e. The van der Waals surface area contributed by atoms with Crippen LogP contribution >= 0.6 is 34.2 Å². The first-order chi connectivity index (χ1) is 19.5. The van der Waals surface area contributed by atoms with Gasteiger partial charge in [-0.15, -0.1) is 0 Å². The zero-order valence-electron chi connectivity index (χ0n) is 22.4. The number of hydrogen-bond donors (Lipinski definition) is 1. The normalized spacial score (nSPS) is 19.2. The van der Waals surface area contributed by atoms with Crippen molar-refractivity contribution in [3.63, 3.8) is 0 Å². The van der Waals surface area contributed by atoms with Gasteiger partial charge in [0.15, 0.2) is 11.5 Å². The summed E-state index contributed by atoms with van der Waals surface area (Å²) in [7, 11) is 1.65. The number of allylic oxidation sites excluding steroid dienone is 2. The minimum Gasteiger partial charge on any atom is -0.493 e. The molecule has 4 aromatic rings. The molecule has 4 aromatic carbocycles. The molecule has 3 atom stereocenters. The second-order valence-corrected chi connectivity index (χ2v) is 11.9. The van der Waals surface area contributed by atoms with Crippen LogP contribution in [0, 0.1) is 16.4 Å². The second kappa shape index (κ2) is 11.7. The van der Waals surface area contributed by atoms with E-state index in [9.17, 15) is 0 Å². The van der Waals surface area contributed by atoms with Crippen LogP contribution < -0.4 is 14.8 Å². The molecule has 1 aliphatic carbocycles. The molecule has 1 heterocycles. The van der Waals surface area contributed by atoms with Crippen molar-refractivity contribution in [1.82, 2.24) is 0 Å². The lowest BCUT2D eigenvalue weighted by atomic mass is 9.76. The number of nitrogens with one attached hydrogen (secondary N) is 1. The van der Waals surface area contributed by atoms with Gasteiger partial charge in [-0.1, -0.05) is 71.8 Å². The fraction of sp³-hybridized carbons (Fsp3) is 0.206. The number of halogens is 2. The summed E-state index contributed by atoms with van der Waals surface area (Å²) in [5.74, 6) is 2.35. The Kier molecular flexibility index (Phi) is 7.85. The molecule has 0 saturated heterocycles. The Bertz CT molecular complexity index is 1600. The van der Waals surface area contributed by atoms with Crippen LogP contribution in [-0.4, -0.2) is 13.3 Å². The van der Waals surface area contributed by atoms with Crippen LogP contribution in [0.2, 0.25) is 5.02 Å². The number of rotatable bonds is 7. The molecule has 1 aliphatic heterocycles. The van der Waals surface area contributed by atoms with Gasteiger partial charge in [-0.05, 0) is 94.9 Å². The van der Waals surface area contributed by atoms with E-state index in [0.717, 1.165) is 26.8 Å². The molecule has 4 nitrogen and oxygen atoms in total. The van der Waals surface area contributed by atoms with E-state index in [4.69, 9.17) is 26.1 Å². The molecule has 1 N–H and O–H groups in total. The Morgan fingerprint density at radius 2 is 1.88 bits per heavy atom. The van der Waals surface area contributed by atoms with E-state index in [1.54, 1.807) is 7.11 Å². The molecule has 6 rings (SSSR count). The van der Waals surface area contributed by atoms with Gasteiger partial charge in [0, 0.05) is 28.4 Å². The lowest BCUT2D eigenvalue weighted by molar-refractivity contribution is 0.282. The molecule has 6 heteroatoms. The topological polar surface area (TPSA) is 42.8 Å². The summed E-state index contributed by atoms with van der Waals surface area (Å²) in [5.41, 5.74) is 8.04. The lowest BCUT2D eigenvalue weighted by Gasteiger charge is -2.37. The fourth-order valence-corrected chi connectivity index (χ4v) is 6.65. The average Bonchev–Trinajstić information content (AvgIpc) is 3.47. The van der Waals surface area contributed by atoms with Crippen LogP contribution in [0.4, 0.5) is 11.4 Å². The highest BCUT2D eigenvalue weighted by Crippen LogP contribution is 2.50. The molecular formula is C34H30ClIN2O2. The molecule has 0 amide bonds. The highest BCUT2D eigenvalue weighted by atomic mass is 127. The Hall–Kier alpha value is -3.29. The fourth-order valence-electron chi connectivity index (χ4n) is 5.68. The van der Waals surface area contributed by atoms with Gasteiger partial charge in [0.1, 0.15) is 6.61 Å². The maximum atomic E-state index is 6.29. The monoisotopic (exact) mass is 660 g/mol. The summed E-state index contributed by atoms with van der Waals surface area (Å²) >= 11 is 8.57. The van der Waals surface area contributed by atoms with E-state index in [1.165, 1.54) is 22.4 Å². The number of hydrogen-bond acceptors (Lipinski definition) is 4. The average molecular weight is 661 g/mol. The third kappa shape index (κ3) is 5.50. The van der Waals surface area contributed by atoms with Crippen LogP contribution in [0.3, 0.4) is 0 Å². The quantitative estimate of drug-likeness (QED) is 0.122. The van der Waals surface area contributed by atoms with Crippen LogP contribution in [0.25, 0.3) is 0 Å². The third-order valence-electron chi connectivity index (χ3n) is 7.71. The number of anilines is 1. The van der Waals surface area contributed by atoms with Crippen molar-refractivity contribution < 1.29 is 9.47 Å². The minimum atomic E-state index is 0.275. The summed E-state index contributed by atoms with van der Waals surface area (Å²) in [4.78, 5) is 4.75. The van der Waals surface area contributed by atoms with E-state index >= 15 is 0 Å². The van der Waals surface area contributed by atoms with Gasteiger partial charge in [-0.3, -0.25) is 4.99 Å². The predicted molar refractivity (Wildman–Crippen MR) is 173 cm³/mol. The van der Waals surface area contributed by atoms with Crippen molar-refractivity contribution in [2.45, 2.75) is 31.9 Å². The molecular weight excluding hydrogens is 631 g/mol. The lowest BCUT2D eigenvalue weighted by Crippen LogP contribution is -2.29. The van der Waals surface area contributed by atoms with Gasteiger partial charge in [0.05, 0.1) is 22.4 Å². The van der Waals surface area contributed by atoms with Gasteiger partial charge in [-0.25, -0.2) is 0 Å². The van der Waals surface area contributed by atoms with Crippen LogP contribution in [0.5, 0.6) is 11.5 Å². The smallest absolute Gasteiger partial charge is 0.174 e. The number of ether oxygens (including phenoxy) is 2. The Morgan fingerprint density at radius 3 is 2.67 bits per heavy atom. The van der Waals surface area contributed by atoms with E-state index in [-0.39, 0.29) is 6.04 Å². The summed E-state index contributed by atoms with van der Waals surface area (Å²) in [6.45, 7) is 2.53. The first kappa shape index (κ1) is 26.9. The molecule has 0 aromatic heterocycles. The van der Waals surface area contributed by atoms with Crippen molar-refractivity contribution in [3.05, 3.63) is 127 Å². The Balaban J connectivity index is 1.17. The van der Waals surface area contributed by atoms with Gasteiger partial charge in [0.2, 0.25) is 0 Å². The van der Waals surface area contributed by atoms with Crippen molar-refractivity contribution >= 4 is 51.8 Å². The predicted octanol–water partition coefficient (Wildman–Crippen LogP) is 9.42. The van der Waals surface area contributed by atoms with Gasteiger partial charge < -0.3 is 14.8 Å². The number of aryl methyl sites for hydroxylation is 1. The molecule has 0 fully saturated rings. The summed E-state index contributed by atoms with van der Waals surface area (Å²) < 4.78 is 12.7. The molecule has 202 valence electrons. The van der Waals surface area contributed by atoms with Crippen molar-refractivity contribution in [2.24, 2.45) is 10.9 Å². The van der Waals surface area contributed by atoms with Crippen LogP contribution in [0.1, 0.15) is 46.2 Å². The number of fused-ring (bicyclic) bond motifs is 3. The molecule has 0 radical (unpaired) electrons. The van der Waals surface area contributed by atoms with Gasteiger partial charge in [0.25, 0.3) is 0 Å². The molecule has 0 saturated carbocycles. The maximum absolute atomic E-state index is 6.29. The van der Waals surface area contributed by atoms with Gasteiger partial charge in [-0.2, -0.15) is 0 Å². The molecule has 40 heavy (non-hydrogen) atoms. The van der Waals surface area contributed by atoms with E-state index in [2.05, 4.69) is 89.4 Å². The van der Waals surface area contributed by atoms with Crippen molar-refractivity contribution in [3.8, 4) is 11.5 Å². The minimum absolute atomic E-state index is 0.275. The second-order valence-electron chi connectivity index (χ2n) is 10.3. The first-order valence-corrected chi connectivity index (χ1v) is 14.9. The number of aliphatic imine (C=N–C) groups is 1. The number of benzene rings is 4. The zero-order chi connectivity index (χ0) is 27.6. The Labute approximate surface area is 254 Å². The SMILES string of the molecule is COc1cc(C=Nc2ccc([C@@H]3Nc4ccc(C)cc4[C@H]4C=CC[C@@H]43)cc2)cc(I)c1OCc1ccccc1Cl. The molecule has 0 bridgehead atoms. The van der Waals surface area contributed by atoms with E-state index in [0.29, 0.717) is 35.0 Å². The first-order valence-electron chi connectivity index (χ1n) is 13.4.